The average Bonchev–Trinajstić information content (AvgIpc) is 2.95. The fourth-order valence-corrected chi connectivity index (χ4v) is 2.64. The number of pyridine rings is 1. The number of hydrogen-bond acceptors (Lipinski definition) is 4. The summed E-state index contributed by atoms with van der Waals surface area (Å²) in [6, 6.07) is 3.78. The van der Waals surface area contributed by atoms with Crippen molar-refractivity contribution in [3.63, 3.8) is 0 Å². The first-order chi connectivity index (χ1) is 9.81. The maximum Gasteiger partial charge on any atom is 0.251 e. The molecule has 1 aromatic heterocycles. The zero-order chi connectivity index (χ0) is 14.2. The summed E-state index contributed by atoms with van der Waals surface area (Å²) in [5, 5.41) is 12.1. The van der Waals surface area contributed by atoms with Crippen molar-refractivity contribution < 1.29 is 9.90 Å². The van der Waals surface area contributed by atoms with Gasteiger partial charge in [-0.15, -0.1) is 0 Å². The van der Waals surface area contributed by atoms with Crippen LogP contribution in [0.2, 0.25) is 0 Å². The monoisotopic (exact) mass is 277 g/mol. The Labute approximate surface area is 120 Å². The number of aromatic nitrogens is 1. The third kappa shape index (κ3) is 4.28. The van der Waals surface area contributed by atoms with Crippen LogP contribution >= 0.6 is 0 Å². The van der Waals surface area contributed by atoms with Crippen molar-refractivity contribution in [3.8, 4) is 0 Å². The molecule has 2 heterocycles. The SMILES string of the molecule is O=C(NCCCCN1CCCC1CO)c1ccncc1. The van der Waals surface area contributed by atoms with Gasteiger partial charge in [-0.05, 0) is 50.9 Å². The standard InChI is InChI=1S/C15H23N3O2/c19-12-14-4-3-11-18(14)10-2-1-7-17-15(20)13-5-8-16-9-6-13/h5-6,8-9,14,19H,1-4,7,10-12H2,(H,17,20). The van der Waals surface area contributed by atoms with Crippen LogP contribution in [-0.2, 0) is 0 Å². The van der Waals surface area contributed by atoms with E-state index in [-0.39, 0.29) is 12.5 Å². The van der Waals surface area contributed by atoms with Gasteiger partial charge in [-0.2, -0.15) is 0 Å². The zero-order valence-corrected chi connectivity index (χ0v) is 11.8. The number of unbranched alkanes of at least 4 members (excludes halogenated alkanes) is 1. The van der Waals surface area contributed by atoms with Crippen LogP contribution in [0.1, 0.15) is 36.0 Å². The molecule has 20 heavy (non-hydrogen) atoms. The summed E-state index contributed by atoms with van der Waals surface area (Å²) in [6.45, 7) is 3.06. The largest absolute Gasteiger partial charge is 0.395 e. The van der Waals surface area contributed by atoms with Gasteiger partial charge in [0.1, 0.15) is 0 Å². The highest BCUT2D eigenvalue weighted by Gasteiger charge is 2.22. The lowest BCUT2D eigenvalue weighted by molar-refractivity contribution is 0.0952. The maximum absolute atomic E-state index is 11.8. The molecule has 1 atom stereocenters. The molecule has 2 rings (SSSR count). The summed E-state index contributed by atoms with van der Waals surface area (Å²) in [4.78, 5) is 18.0. The van der Waals surface area contributed by atoms with Gasteiger partial charge in [0.2, 0.25) is 0 Å². The molecule has 1 aliphatic rings. The number of hydrogen-bond donors (Lipinski definition) is 2. The van der Waals surface area contributed by atoms with Crippen LogP contribution in [0.15, 0.2) is 24.5 Å². The summed E-state index contributed by atoms with van der Waals surface area (Å²) in [6.07, 6.45) is 7.55. The van der Waals surface area contributed by atoms with Crippen LogP contribution in [0.25, 0.3) is 0 Å². The summed E-state index contributed by atoms with van der Waals surface area (Å²) < 4.78 is 0. The third-order valence-corrected chi connectivity index (χ3v) is 3.81. The predicted octanol–water partition coefficient (Wildman–Crippen LogP) is 1.05. The van der Waals surface area contributed by atoms with E-state index in [9.17, 15) is 9.90 Å². The second-order valence-corrected chi connectivity index (χ2v) is 5.21. The van der Waals surface area contributed by atoms with Gasteiger partial charge in [-0.3, -0.25) is 14.7 Å². The molecule has 1 aromatic rings. The quantitative estimate of drug-likeness (QED) is 0.731. The Morgan fingerprint density at radius 2 is 2.20 bits per heavy atom. The van der Waals surface area contributed by atoms with E-state index in [4.69, 9.17) is 0 Å². The molecule has 110 valence electrons. The van der Waals surface area contributed by atoms with E-state index in [2.05, 4.69) is 15.2 Å². The summed E-state index contributed by atoms with van der Waals surface area (Å²) >= 11 is 0. The van der Waals surface area contributed by atoms with Crippen LogP contribution in [0.4, 0.5) is 0 Å². The van der Waals surface area contributed by atoms with E-state index in [1.54, 1.807) is 24.5 Å². The van der Waals surface area contributed by atoms with Crippen LogP contribution < -0.4 is 5.32 Å². The Morgan fingerprint density at radius 3 is 2.95 bits per heavy atom. The first kappa shape index (κ1) is 14.9. The maximum atomic E-state index is 11.8. The highest BCUT2D eigenvalue weighted by Crippen LogP contribution is 2.16. The highest BCUT2D eigenvalue weighted by atomic mass is 16.3. The predicted molar refractivity (Wildman–Crippen MR) is 77.5 cm³/mol. The summed E-state index contributed by atoms with van der Waals surface area (Å²) in [5.74, 6) is -0.0400. The van der Waals surface area contributed by atoms with Crippen LogP contribution in [0.3, 0.4) is 0 Å². The molecule has 0 spiro atoms. The van der Waals surface area contributed by atoms with Crippen molar-refractivity contribution in [3.05, 3.63) is 30.1 Å². The van der Waals surface area contributed by atoms with E-state index in [0.717, 1.165) is 32.4 Å². The Kier molecular flexibility index (Phi) is 5.95. The van der Waals surface area contributed by atoms with Crippen LogP contribution in [0.5, 0.6) is 0 Å². The fourth-order valence-electron chi connectivity index (χ4n) is 2.64. The fraction of sp³-hybridized carbons (Fsp3) is 0.600. The number of aliphatic hydroxyl groups is 1. The van der Waals surface area contributed by atoms with Gasteiger partial charge in [0.25, 0.3) is 5.91 Å². The topological polar surface area (TPSA) is 65.5 Å². The van der Waals surface area contributed by atoms with E-state index >= 15 is 0 Å². The van der Waals surface area contributed by atoms with Gasteiger partial charge in [0, 0.05) is 30.5 Å². The molecule has 1 unspecified atom stereocenters. The molecule has 0 radical (unpaired) electrons. The zero-order valence-electron chi connectivity index (χ0n) is 11.8. The van der Waals surface area contributed by atoms with Crippen molar-refractivity contribution in [1.29, 1.82) is 0 Å². The molecule has 5 nitrogen and oxygen atoms in total. The van der Waals surface area contributed by atoms with Crippen LogP contribution in [-0.4, -0.2) is 53.2 Å². The van der Waals surface area contributed by atoms with Crippen LogP contribution in [0, 0.1) is 0 Å². The Hall–Kier alpha value is -1.46. The van der Waals surface area contributed by atoms with Gasteiger partial charge in [0.05, 0.1) is 6.61 Å². The minimum atomic E-state index is -0.0400. The van der Waals surface area contributed by atoms with Crippen molar-refractivity contribution in [2.75, 3.05) is 26.2 Å². The molecule has 5 heteroatoms. The average molecular weight is 277 g/mol. The number of carbonyl (C=O) groups is 1. The summed E-state index contributed by atoms with van der Waals surface area (Å²) in [7, 11) is 0. The first-order valence-electron chi connectivity index (χ1n) is 7.34. The minimum absolute atomic E-state index is 0.0400. The third-order valence-electron chi connectivity index (χ3n) is 3.81. The second kappa shape index (κ2) is 7.97. The molecule has 1 fully saturated rings. The second-order valence-electron chi connectivity index (χ2n) is 5.21. The molecule has 1 amide bonds. The molecule has 0 aliphatic carbocycles. The lowest BCUT2D eigenvalue weighted by Gasteiger charge is -2.22. The molecular formula is C15H23N3O2. The van der Waals surface area contributed by atoms with Crippen molar-refractivity contribution in [2.45, 2.75) is 31.7 Å². The number of likely N-dealkylation sites (tertiary alicyclic amines) is 1. The highest BCUT2D eigenvalue weighted by molar-refractivity contribution is 5.93. The lowest BCUT2D eigenvalue weighted by atomic mass is 10.2. The van der Waals surface area contributed by atoms with E-state index in [0.29, 0.717) is 18.2 Å². The van der Waals surface area contributed by atoms with Gasteiger partial charge in [-0.1, -0.05) is 0 Å². The molecular weight excluding hydrogens is 254 g/mol. The van der Waals surface area contributed by atoms with Gasteiger partial charge in [-0.25, -0.2) is 0 Å². The molecule has 1 aliphatic heterocycles. The van der Waals surface area contributed by atoms with E-state index < -0.39 is 0 Å². The minimum Gasteiger partial charge on any atom is -0.395 e. The summed E-state index contributed by atoms with van der Waals surface area (Å²) in [5.41, 5.74) is 0.653. The Balaban J connectivity index is 1.59. The van der Waals surface area contributed by atoms with Gasteiger partial charge < -0.3 is 10.4 Å². The van der Waals surface area contributed by atoms with E-state index in [1.807, 2.05) is 0 Å². The molecule has 2 N–H and O–H groups in total. The first-order valence-corrected chi connectivity index (χ1v) is 7.34. The lowest BCUT2D eigenvalue weighted by Crippen LogP contribution is -2.33. The smallest absolute Gasteiger partial charge is 0.251 e. The van der Waals surface area contributed by atoms with Crippen molar-refractivity contribution in [2.24, 2.45) is 0 Å². The number of aliphatic hydroxyl groups excluding tert-OH is 1. The number of carbonyl (C=O) groups excluding carboxylic acids is 1. The molecule has 0 bridgehead atoms. The molecule has 0 saturated carbocycles. The number of rotatable bonds is 7. The normalized spacial score (nSPS) is 19.1. The van der Waals surface area contributed by atoms with Gasteiger partial charge >= 0.3 is 0 Å². The number of amides is 1. The van der Waals surface area contributed by atoms with Gasteiger partial charge in [0.15, 0.2) is 0 Å². The Bertz CT molecular complexity index is 411. The Morgan fingerprint density at radius 1 is 1.40 bits per heavy atom. The molecule has 1 saturated heterocycles. The number of nitrogens with one attached hydrogen (secondary N) is 1. The van der Waals surface area contributed by atoms with Crippen molar-refractivity contribution in [1.82, 2.24) is 15.2 Å². The van der Waals surface area contributed by atoms with Crippen molar-refractivity contribution >= 4 is 5.91 Å². The number of nitrogens with zero attached hydrogens (tertiary/aromatic N) is 2. The molecule has 0 aromatic carbocycles. The van der Waals surface area contributed by atoms with E-state index in [1.165, 1.54) is 6.42 Å².